The molecule has 0 bridgehead atoms. The Morgan fingerprint density at radius 2 is 1.74 bits per heavy atom. The van der Waals surface area contributed by atoms with Crippen LogP contribution in [0.2, 0.25) is 0 Å². The third kappa shape index (κ3) is 4.61. The molecule has 6 nitrogen and oxygen atoms in total. The molecule has 0 atom stereocenters. The molecule has 0 unspecified atom stereocenters. The number of hydrogen-bond acceptors (Lipinski definition) is 5. The lowest BCUT2D eigenvalue weighted by Crippen LogP contribution is -2.27. The molecule has 4 aromatic rings. The fraction of sp³-hybridized carbons (Fsp3) is 0.250. The SMILES string of the molecule is Cc1ccccc1CCNC(=O)CSc1nnc(C)c2c(C)n(-c3ccccc3)nc12. The number of para-hydroxylation sites is 1. The molecule has 0 aliphatic heterocycles. The minimum absolute atomic E-state index is 0.0201. The largest absolute Gasteiger partial charge is 0.355 e. The van der Waals surface area contributed by atoms with E-state index >= 15 is 0 Å². The van der Waals surface area contributed by atoms with E-state index in [1.807, 2.05) is 61.0 Å². The highest BCUT2D eigenvalue weighted by Gasteiger charge is 2.18. The van der Waals surface area contributed by atoms with Gasteiger partial charge in [0.15, 0.2) is 0 Å². The summed E-state index contributed by atoms with van der Waals surface area (Å²) in [6.07, 6.45) is 0.818. The van der Waals surface area contributed by atoms with E-state index in [4.69, 9.17) is 5.10 Å². The third-order valence-electron chi connectivity index (χ3n) is 5.29. The van der Waals surface area contributed by atoms with E-state index in [2.05, 4.69) is 34.6 Å². The highest BCUT2D eigenvalue weighted by molar-refractivity contribution is 8.00. The van der Waals surface area contributed by atoms with E-state index in [0.29, 0.717) is 11.6 Å². The summed E-state index contributed by atoms with van der Waals surface area (Å²) in [7, 11) is 0. The van der Waals surface area contributed by atoms with E-state index in [1.54, 1.807) is 0 Å². The Morgan fingerprint density at radius 3 is 2.52 bits per heavy atom. The highest BCUT2D eigenvalue weighted by atomic mass is 32.2. The van der Waals surface area contributed by atoms with Crippen LogP contribution in [0.4, 0.5) is 0 Å². The molecule has 0 radical (unpaired) electrons. The summed E-state index contributed by atoms with van der Waals surface area (Å²) in [5.41, 5.74) is 6.11. The predicted octanol–water partition coefficient (Wildman–Crippen LogP) is 4.19. The first-order valence-electron chi connectivity index (χ1n) is 10.3. The zero-order chi connectivity index (χ0) is 21.8. The Morgan fingerprint density at radius 1 is 1.00 bits per heavy atom. The number of benzene rings is 2. The van der Waals surface area contributed by atoms with Crippen molar-refractivity contribution in [2.75, 3.05) is 12.3 Å². The average Bonchev–Trinajstić information content (AvgIpc) is 3.13. The van der Waals surface area contributed by atoms with Crippen molar-refractivity contribution in [1.82, 2.24) is 25.3 Å². The first-order chi connectivity index (χ1) is 15.0. The van der Waals surface area contributed by atoms with Crippen molar-refractivity contribution < 1.29 is 4.79 Å². The van der Waals surface area contributed by atoms with Gasteiger partial charge in [-0.2, -0.15) is 10.2 Å². The van der Waals surface area contributed by atoms with Crippen LogP contribution in [0.25, 0.3) is 16.6 Å². The fourth-order valence-electron chi connectivity index (χ4n) is 3.63. The molecule has 0 fully saturated rings. The van der Waals surface area contributed by atoms with Crippen molar-refractivity contribution in [3.05, 3.63) is 77.1 Å². The van der Waals surface area contributed by atoms with Crippen molar-refractivity contribution in [3.63, 3.8) is 0 Å². The quantitative estimate of drug-likeness (QED) is 0.444. The van der Waals surface area contributed by atoms with Gasteiger partial charge in [-0.1, -0.05) is 54.2 Å². The molecule has 4 rings (SSSR count). The molecule has 2 aromatic heterocycles. The zero-order valence-electron chi connectivity index (χ0n) is 17.9. The molecule has 0 spiro atoms. The van der Waals surface area contributed by atoms with Crippen LogP contribution < -0.4 is 5.32 Å². The predicted molar refractivity (Wildman–Crippen MR) is 125 cm³/mol. The number of nitrogens with one attached hydrogen (secondary N) is 1. The molecule has 1 amide bonds. The molecule has 2 heterocycles. The van der Waals surface area contributed by atoms with Crippen LogP contribution >= 0.6 is 11.8 Å². The molecule has 31 heavy (non-hydrogen) atoms. The molecule has 158 valence electrons. The lowest BCUT2D eigenvalue weighted by Gasteiger charge is -2.07. The minimum Gasteiger partial charge on any atom is -0.355 e. The number of amides is 1. The molecular formula is C24H25N5OS. The van der Waals surface area contributed by atoms with Crippen molar-refractivity contribution in [1.29, 1.82) is 0 Å². The second-order valence-corrected chi connectivity index (χ2v) is 8.43. The van der Waals surface area contributed by atoms with Crippen molar-refractivity contribution in [3.8, 4) is 5.69 Å². The van der Waals surface area contributed by atoms with E-state index in [0.717, 1.165) is 34.4 Å². The third-order valence-corrected chi connectivity index (χ3v) is 6.24. The molecule has 0 saturated carbocycles. The number of rotatable bonds is 7. The Hall–Kier alpha value is -3.19. The molecule has 2 aromatic carbocycles. The average molecular weight is 432 g/mol. The number of carbonyl (C=O) groups excluding carboxylic acids is 1. The minimum atomic E-state index is -0.0201. The first-order valence-corrected chi connectivity index (χ1v) is 11.2. The molecule has 0 saturated heterocycles. The smallest absolute Gasteiger partial charge is 0.230 e. The number of thioether (sulfide) groups is 1. The van der Waals surface area contributed by atoms with Crippen molar-refractivity contribution >= 4 is 28.6 Å². The number of aryl methyl sites for hydroxylation is 3. The lowest BCUT2D eigenvalue weighted by atomic mass is 10.1. The Kier molecular flexibility index (Phi) is 6.32. The molecule has 1 N–H and O–H groups in total. The fourth-order valence-corrected chi connectivity index (χ4v) is 4.38. The van der Waals surface area contributed by atoms with Crippen LogP contribution in [0.5, 0.6) is 0 Å². The van der Waals surface area contributed by atoms with Gasteiger partial charge >= 0.3 is 0 Å². The topological polar surface area (TPSA) is 72.7 Å². The maximum Gasteiger partial charge on any atom is 0.230 e. The monoisotopic (exact) mass is 431 g/mol. The number of aromatic nitrogens is 4. The Labute approximate surface area is 186 Å². The van der Waals surface area contributed by atoms with Gasteiger partial charge in [0.2, 0.25) is 5.91 Å². The van der Waals surface area contributed by atoms with Crippen LogP contribution in [0.1, 0.15) is 22.5 Å². The van der Waals surface area contributed by atoms with Crippen LogP contribution in [-0.4, -0.2) is 38.2 Å². The summed E-state index contributed by atoms with van der Waals surface area (Å²) >= 11 is 1.37. The normalized spacial score (nSPS) is 11.1. The standard InChI is InChI=1S/C24H25N5OS/c1-16-9-7-8-10-19(16)13-14-25-21(30)15-31-24-23-22(17(2)26-27-24)18(3)29(28-23)20-11-5-4-6-12-20/h4-12H,13-15H2,1-3H3,(H,25,30). The van der Waals surface area contributed by atoms with Crippen molar-refractivity contribution in [2.45, 2.75) is 32.2 Å². The summed E-state index contributed by atoms with van der Waals surface area (Å²) in [6, 6.07) is 18.2. The van der Waals surface area contributed by atoms with Gasteiger partial charge in [-0.25, -0.2) is 4.68 Å². The summed E-state index contributed by atoms with van der Waals surface area (Å²) in [4.78, 5) is 12.4. The summed E-state index contributed by atoms with van der Waals surface area (Å²) in [5, 5.41) is 18.1. The molecule has 0 aliphatic carbocycles. The van der Waals surface area contributed by atoms with E-state index < -0.39 is 0 Å². The van der Waals surface area contributed by atoms with Crippen LogP contribution in [0.3, 0.4) is 0 Å². The van der Waals surface area contributed by atoms with Crippen LogP contribution in [0, 0.1) is 20.8 Å². The zero-order valence-corrected chi connectivity index (χ0v) is 18.7. The maximum absolute atomic E-state index is 12.4. The number of hydrogen-bond donors (Lipinski definition) is 1. The summed E-state index contributed by atoms with van der Waals surface area (Å²) < 4.78 is 1.91. The highest BCUT2D eigenvalue weighted by Crippen LogP contribution is 2.29. The van der Waals surface area contributed by atoms with Crippen LogP contribution in [0.15, 0.2) is 59.6 Å². The van der Waals surface area contributed by atoms with E-state index in [1.165, 1.54) is 22.9 Å². The molecular weight excluding hydrogens is 406 g/mol. The van der Waals surface area contributed by atoms with Gasteiger partial charge in [0.25, 0.3) is 0 Å². The summed E-state index contributed by atoms with van der Waals surface area (Å²) in [6.45, 7) is 6.67. The van der Waals surface area contributed by atoms with Gasteiger partial charge in [0.05, 0.1) is 22.8 Å². The Balaban J connectivity index is 1.45. The number of carbonyl (C=O) groups is 1. The van der Waals surface area contributed by atoms with Gasteiger partial charge in [0, 0.05) is 11.9 Å². The summed E-state index contributed by atoms with van der Waals surface area (Å²) in [5.74, 6) is 0.256. The van der Waals surface area contributed by atoms with Gasteiger partial charge in [-0.15, -0.1) is 5.10 Å². The number of fused-ring (bicyclic) bond motifs is 1. The maximum atomic E-state index is 12.4. The molecule has 0 aliphatic rings. The lowest BCUT2D eigenvalue weighted by molar-refractivity contribution is -0.118. The number of nitrogens with zero attached hydrogens (tertiary/aromatic N) is 4. The van der Waals surface area contributed by atoms with Gasteiger partial charge < -0.3 is 5.32 Å². The van der Waals surface area contributed by atoms with Gasteiger partial charge in [-0.05, 0) is 50.5 Å². The van der Waals surface area contributed by atoms with Crippen LogP contribution in [-0.2, 0) is 11.2 Å². The second-order valence-electron chi connectivity index (χ2n) is 7.46. The second kappa shape index (κ2) is 9.31. The van der Waals surface area contributed by atoms with E-state index in [9.17, 15) is 4.79 Å². The van der Waals surface area contributed by atoms with Gasteiger partial charge in [-0.3, -0.25) is 4.79 Å². The first kappa shape index (κ1) is 21.1. The Bertz CT molecular complexity index is 1220. The van der Waals surface area contributed by atoms with Crippen molar-refractivity contribution in [2.24, 2.45) is 0 Å². The molecule has 7 heteroatoms. The van der Waals surface area contributed by atoms with E-state index in [-0.39, 0.29) is 11.7 Å². The van der Waals surface area contributed by atoms with Gasteiger partial charge in [0.1, 0.15) is 10.5 Å².